The molecule has 0 saturated carbocycles. The molecule has 6 heteroatoms. The number of carbonyl (C=O) groups is 2. The maximum Gasteiger partial charge on any atom is 0.259 e. The average molecular weight is 376 g/mol. The van der Waals surface area contributed by atoms with Gasteiger partial charge in [0.2, 0.25) is 5.91 Å². The number of benzene rings is 2. The summed E-state index contributed by atoms with van der Waals surface area (Å²) in [4.78, 5) is 27.5. The molecule has 0 bridgehead atoms. The summed E-state index contributed by atoms with van der Waals surface area (Å²) in [5.41, 5.74) is 0.993. The molecule has 3 aromatic rings. The largest absolute Gasteiger partial charge is 0.495 e. The smallest absolute Gasteiger partial charge is 0.259 e. The fourth-order valence-electron chi connectivity index (χ4n) is 3.54. The van der Waals surface area contributed by atoms with E-state index < -0.39 is 5.54 Å². The predicted molar refractivity (Wildman–Crippen MR) is 105 cm³/mol. The third-order valence-corrected chi connectivity index (χ3v) is 4.99. The first-order valence-electron chi connectivity index (χ1n) is 8.94. The standard InChI is InChI=1S/C22H20N2O4/c1-15-9-11-16(12-10-15)24-20(25)14-22(24,19-8-5-13-28-19)21(26)23-17-6-3-4-7-18(17)27-2/h3-13H,14H2,1-2H3,(H,23,26)/t22-/m1/s1. The second-order valence-corrected chi connectivity index (χ2v) is 6.73. The molecule has 0 radical (unpaired) electrons. The van der Waals surface area contributed by atoms with Crippen LogP contribution in [0.25, 0.3) is 0 Å². The monoisotopic (exact) mass is 376 g/mol. The zero-order valence-corrected chi connectivity index (χ0v) is 15.6. The molecule has 6 nitrogen and oxygen atoms in total. The second kappa shape index (κ2) is 6.88. The summed E-state index contributed by atoms with van der Waals surface area (Å²) in [5.74, 6) is 0.459. The molecule has 1 fully saturated rings. The summed E-state index contributed by atoms with van der Waals surface area (Å²) >= 11 is 0. The van der Waals surface area contributed by atoms with Gasteiger partial charge in [-0.25, -0.2) is 0 Å². The van der Waals surface area contributed by atoms with Crippen molar-refractivity contribution in [1.29, 1.82) is 0 Å². The van der Waals surface area contributed by atoms with Crippen LogP contribution in [0, 0.1) is 6.92 Å². The Balaban J connectivity index is 1.76. The van der Waals surface area contributed by atoms with E-state index in [0.29, 0.717) is 22.9 Å². The van der Waals surface area contributed by atoms with Crippen molar-refractivity contribution >= 4 is 23.2 Å². The van der Waals surface area contributed by atoms with Crippen molar-refractivity contribution in [1.82, 2.24) is 0 Å². The van der Waals surface area contributed by atoms with Crippen LogP contribution in [-0.4, -0.2) is 18.9 Å². The number of ether oxygens (including phenoxy) is 1. The molecular weight excluding hydrogens is 356 g/mol. The highest BCUT2D eigenvalue weighted by Gasteiger charge is 2.60. The Bertz CT molecular complexity index is 1010. The van der Waals surface area contributed by atoms with Gasteiger partial charge in [0.25, 0.3) is 5.91 Å². The van der Waals surface area contributed by atoms with Gasteiger partial charge in [-0.2, -0.15) is 0 Å². The van der Waals surface area contributed by atoms with E-state index in [2.05, 4.69) is 5.32 Å². The molecule has 0 unspecified atom stereocenters. The predicted octanol–water partition coefficient (Wildman–Crippen LogP) is 3.87. The summed E-state index contributed by atoms with van der Waals surface area (Å²) < 4.78 is 10.9. The number of rotatable bonds is 5. The Kier molecular flexibility index (Phi) is 4.39. The highest BCUT2D eigenvalue weighted by molar-refractivity contribution is 6.16. The second-order valence-electron chi connectivity index (χ2n) is 6.73. The van der Waals surface area contributed by atoms with Crippen molar-refractivity contribution in [3.63, 3.8) is 0 Å². The van der Waals surface area contributed by atoms with E-state index >= 15 is 0 Å². The number of amides is 2. The van der Waals surface area contributed by atoms with Gasteiger partial charge in [0.05, 0.1) is 25.5 Å². The zero-order valence-electron chi connectivity index (χ0n) is 15.6. The molecule has 1 aliphatic rings. The molecule has 1 aliphatic heterocycles. The van der Waals surface area contributed by atoms with Crippen molar-refractivity contribution in [3.05, 3.63) is 78.3 Å². The molecule has 0 aliphatic carbocycles. The molecule has 2 amide bonds. The van der Waals surface area contributed by atoms with Gasteiger partial charge < -0.3 is 14.5 Å². The molecule has 1 N–H and O–H groups in total. The first-order valence-corrected chi connectivity index (χ1v) is 8.94. The number of methoxy groups -OCH3 is 1. The number of hydrogen-bond acceptors (Lipinski definition) is 4. The third kappa shape index (κ3) is 2.74. The normalized spacial score (nSPS) is 18.5. The Hall–Kier alpha value is -3.54. The number of aryl methyl sites for hydroxylation is 1. The first kappa shape index (κ1) is 17.9. The lowest BCUT2D eigenvalue weighted by atomic mass is 9.79. The number of nitrogens with one attached hydrogen (secondary N) is 1. The molecular formula is C22H20N2O4. The van der Waals surface area contributed by atoms with Crippen LogP contribution < -0.4 is 15.0 Å². The maximum absolute atomic E-state index is 13.5. The van der Waals surface area contributed by atoms with E-state index in [-0.39, 0.29) is 18.2 Å². The van der Waals surface area contributed by atoms with Crippen molar-refractivity contribution < 1.29 is 18.7 Å². The average Bonchev–Trinajstić information content (AvgIpc) is 3.22. The molecule has 2 aromatic carbocycles. The summed E-state index contributed by atoms with van der Waals surface area (Å²) in [6, 6.07) is 18.1. The Labute approximate surface area is 162 Å². The minimum Gasteiger partial charge on any atom is -0.495 e. The SMILES string of the molecule is COc1ccccc1NC(=O)[C@]1(c2ccco2)CC(=O)N1c1ccc(C)cc1. The van der Waals surface area contributed by atoms with E-state index in [9.17, 15) is 9.59 Å². The molecule has 0 spiro atoms. The third-order valence-electron chi connectivity index (χ3n) is 4.99. The van der Waals surface area contributed by atoms with Crippen molar-refractivity contribution in [2.45, 2.75) is 18.9 Å². The fourth-order valence-corrected chi connectivity index (χ4v) is 3.54. The number of furan rings is 1. The zero-order chi connectivity index (χ0) is 19.7. The lowest BCUT2D eigenvalue weighted by Crippen LogP contribution is -2.67. The number of anilines is 2. The maximum atomic E-state index is 13.5. The molecule has 142 valence electrons. The van der Waals surface area contributed by atoms with Gasteiger partial charge in [0, 0.05) is 5.69 Å². The molecule has 4 rings (SSSR count). The number of hydrogen-bond donors (Lipinski definition) is 1. The lowest BCUT2D eigenvalue weighted by molar-refractivity contribution is -0.138. The minimum atomic E-state index is -1.25. The molecule has 1 atom stereocenters. The number of carbonyl (C=O) groups excluding carboxylic acids is 2. The van der Waals surface area contributed by atoms with E-state index in [1.54, 1.807) is 37.4 Å². The Morgan fingerprint density at radius 1 is 1.11 bits per heavy atom. The number of β-lactam (4-membered cyclic amide) rings is 1. The van der Waals surface area contributed by atoms with Gasteiger partial charge in [-0.1, -0.05) is 29.8 Å². The molecule has 1 saturated heterocycles. The summed E-state index contributed by atoms with van der Waals surface area (Å²) in [5, 5.41) is 2.91. The quantitative estimate of drug-likeness (QED) is 0.686. The number of nitrogens with zero attached hydrogens (tertiary/aromatic N) is 1. The van der Waals surface area contributed by atoms with Gasteiger partial charge in [-0.3, -0.25) is 14.5 Å². The summed E-state index contributed by atoms with van der Waals surface area (Å²) in [7, 11) is 1.54. The van der Waals surface area contributed by atoms with Gasteiger partial charge in [-0.15, -0.1) is 0 Å². The van der Waals surface area contributed by atoms with Crippen molar-refractivity contribution in [2.75, 3.05) is 17.3 Å². The Morgan fingerprint density at radius 2 is 1.86 bits per heavy atom. The van der Waals surface area contributed by atoms with Gasteiger partial charge >= 0.3 is 0 Å². The molecule has 1 aromatic heterocycles. The minimum absolute atomic E-state index is 0.0232. The molecule has 2 heterocycles. The highest BCUT2D eigenvalue weighted by Crippen LogP contribution is 2.46. The summed E-state index contributed by atoms with van der Waals surface area (Å²) in [6.45, 7) is 1.97. The van der Waals surface area contributed by atoms with Gasteiger partial charge in [0.1, 0.15) is 11.5 Å². The lowest BCUT2D eigenvalue weighted by Gasteiger charge is -2.49. The van der Waals surface area contributed by atoms with Crippen molar-refractivity contribution in [2.24, 2.45) is 0 Å². The van der Waals surface area contributed by atoms with Crippen LogP contribution in [0.1, 0.15) is 17.7 Å². The fraction of sp³-hybridized carbons (Fsp3) is 0.182. The van der Waals surface area contributed by atoms with Crippen LogP contribution in [0.5, 0.6) is 5.75 Å². The van der Waals surface area contributed by atoms with Crippen LogP contribution in [0.4, 0.5) is 11.4 Å². The van der Waals surface area contributed by atoms with E-state index in [1.165, 1.54) is 11.2 Å². The van der Waals surface area contributed by atoms with Crippen molar-refractivity contribution in [3.8, 4) is 5.75 Å². The topological polar surface area (TPSA) is 71.8 Å². The van der Waals surface area contributed by atoms with E-state index in [0.717, 1.165) is 5.56 Å². The van der Waals surface area contributed by atoms with Gasteiger partial charge in [-0.05, 0) is 43.3 Å². The first-order chi connectivity index (χ1) is 13.6. The van der Waals surface area contributed by atoms with Crippen LogP contribution in [0.15, 0.2) is 71.3 Å². The Morgan fingerprint density at radius 3 is 2.50 bits per heavy atom. The van der Waals surface area contributed by atoms with Crippen LogP contribution in [-0.2, 0) is 15.1 Å². The van der Waals surface area contributed by atoms with E-state index in [4.69, 9.17) is 9.15 Å². The van der Waals surface area contributed by atoms with Crippen LogP contribution in [0.3, 0.4) is 0 Å². The highest BCUT2D eigenvalue weighted by atomic mass is 16.5. The van der Waals surface area contributed by atoms with Crippen LogP contribution >= 0.6 is 0 Å². The van der Waals surface area contributed by atoms with Gasteiger partial charge in [0.15, 0.2) is 5.54 Å². The number of para-hydroxylation sites is 2. The summed E-state index contributed by atoms with van der Waals surface area (Å²) in [6.07, 6.45) is 1.53. The van der Waals surface area contributed by atoms with Crippen LogP contribution in [0.2, 0.25) is 0 Å². The molecule has 28 heavy (non-hydrogen) atoms. The van der Waals surface area contributed by atoms with E-state index in [1.807, 2.05) is 37.3 Å².